The minimum absolute atomic E-state index is 0.257. The Morgan fingerprint density at radius 3 is 1.64 bits per heavy atom. The average molecular weight is 627 g/mol. The molecule has 4 N–H and O–H groups in total. The van der Waals surface area contributed by atoms with E-state index in [0.717, 1.165) is 0 Å². The summed E-state index contributed by atoms with van der Waals surface area (Å²) in [4.78, 5) is 0. The van der Waals surface area contributed by atoms with Crippen LogP contribution in [0, 0.1) is 17.5 Å². The molecule has 12 heteroatoms. The number of rotatable bonds is 7. The van der Waals surface area contributed by atoms with Gasteiger partial charge in [-0.3, -0.25) is 0 Å². The fourth-order valence-electron chi connectivity index (χ4n) is 4.98. The van der Waals surface area contributed by atoms with Crippen molar-refractivity contribution in [3.8, 4) is 62.5 Å². The van der Waals surface area contributed by atoms with Crippen LogP contribution in [-0.2, 0) is 0 Å². The lowest BCUT2D eigenvalue weighted by Gasteiger charge is -2.28. The van der Waals surface area contributed by atoms with Crippen molar-refractivity contribution in [1.82, 2.24) is 0 Å². The second-order valence-electron chi connectivity index (χ2n) is 10.0. The first-order valence-corrected chi connectivity index (χ1v) is 14.0. The number of fused-ring (bicyclic) bond motifs is 2. The van der Waals surface area contributed by atoms with Gasteiger partial charge in [-0.1, -0.05) is 6.07 Å². The number of methoxy groups -OCH3 is 3. The largest absolute Gasteiger partial charge is 0.496 e. The van der Waals surface area contributed by atoms with Gasteiger partial charge >= 0.3 is 0 Å². The van der Waals surface area contributed by atoms with Gasteiger partial charge in [0.15, 0.2) is 23.0 Å². The Bertz CT molecular complexity index is 1650. The zero-order valence-corrected chi connectivity index (χ0v) is 24.9. The van der Waals surface area contributed by atoms with E-state index >= 15 is 0 Å². The van der Waals surface area contributed by atoms with E-state index in [1.807, 2.05) is 0 Å². The molecule has 0 spiro atoms. The Balaban J connectivity index is 0.000000178. The molecular weight excluding hydrogens is 593 g/mol. The van der Waals surface area contributed by atoms with Crippen molar-refractivity contribution in [2.75, 3.05) is 47.6 Å². The second-order valence-corrected chi connectivity index (χ2v) is 10.0. The molecule has 4 aromatic rings. The Morgan fingerprint density at radius 2 is 1.13 bits per heavy atom. The number of benzene rings is 4. The molecule has 0 saturated heterocycles. The van der Waals surface area contributed by atoms with Gasteiger partial charge in [-0.15, -0.1) is 0 Å². The predicted molar refractivity (Wildman–Crippen MR) is 161 cm³/mol. The van der Waals surface area contributed by atoms with Crippen LogP contribution in [0.25, 0.3) is 22.3 Å². The summed E-state index contributed by atoms with van der Waals surface area (Å²) in [6.45, 7) is 1.12. The van der Waals surface area contributed by atoms with Crippen molar-refractivity contribution in [3.63, 3.8) is 0 Å². The van der Waals surface area contributed by atoms with E-state index in [4.69, 9.17) is 44.6 Å². The van der Waals surface area contributed by atoms with Crippen LogP contribution in [0.3, 0.4) is 0 Å². The molecule has 2 heterocycles. The quantitative estimate of drug-likeness (QED) is 0.280. The summed E-state index contributed by atoms with van der Waals surface area (Å²) in [6.07, 6.45) is -0.601. The van der Waals surface area contributed by atoms with Gasteiger partial charge in [0.2, 0.25) is 0 Å². The first-order valence-electron chi connectivity index (χ1n) is 14.0. The monoisotopic (exact) mass is 626 g/mol. The topological polar surface area (TPSA) is 117 Å². The predicted octanol–water partition coefficient (Wildman–Crippen LogP) is 5.35. The first kappa shape index (κ1) is 31.6. The SMILES string of the molecule is COc1cc(F)ccc1-c1cc(F)cc2c1O[C@@H](CN)CO2.COc1cccc(OC)c1-c1cc(F)cc2c1O[C@@H](CN)CO2. The maximum atomic E-state index is 14.0. The van der Waals surface area contributed by atoms with Crippen LogP contribution < -0.4 is 44.6 Å². The molecule has 0 aliphatic carbocycles. The third kappa shape index (κ3) is 6.66. The van der Waals surface area contributed by atoms with Crippen molar-refractivity contribution in [1.29, 1.82) is 0 Å². The van der Waals surface area contributed by atoms with Crippen LogP contribution in [0.5, 0.6) is 40.2 Å². The third-order valence-electron chi connectivity index (χ3n) is 7.13. The van der Waals surface area contributed by atoms with Crippen LogP contribution >= 0.6 is 0 Å². The van der Waals surface area contributed by atoms with Gasteiger partial charge < -0.3 is 44.6 Å². The van der Waals surface area contributed by atoms with E-state index in [-0.39, 0.29) is 37.7 Å². The number of nitrogens with two attached hydrogens (primary N) is 2. The molecule has 238 valence electrons. The van der Waals surface area contributed by atoms with E-state index in [1.165, 1.54) is 49.6 Å². The summed E-state index contributed by atoms with van der Waals surface area (Å²) in [6, 6.07) is 14.6. The van der Waals surface area contributed by atoms with Gasteiger partial charge in [0.1, 0.15) is 60.1 Å². The molecule has 2 atom stereocenters. The molecular formula is C33H33F3N2O7. The average Bonchev–Trinajstić information content (AvgIpc) is 3.06. The maximum absolute atomic E-state index is 14.0. The fraction of sp³-hybridized carbons (Fsp3) is 0.273. The molecule has 0 fully saturated rings. The lowest BCUT2D eigenvalue weighted by Crippen LogP contribution is -2.36. The van der Waals surface area contributed by atoms with Gasteiger partial charge in [0.05, 0.1) is 26.9 Å². The van der Waals surface area contributed by atoms with Gasteiger partial charge in [-0.2, -0.15) is 0 Å². The Morgan fingerprint density at radius 1 is 0.622 bits per heavy atom. The molecule has 0 amide bonds. The van der Waals surface area contributed by atoms with Gasteiger partial charge in [0, 0.05) is 48.0 Å². The highest BCUT2D eigenvalue weighted by Crippen LogP contribution is 2.48. The molecule has 2 aliphatic heterocycles. The standard InChI is InChI=1S/C17H18FNO4.C16H15F2NO3/c1-20-13-4-3-5-14(21-2)16(13)12-6-10(18)7-15-17(12)23-11(8-19)9-22-15;1-20-14-5-9(17)2-3-12(14)13-4-10(18)6-15-16(13)22-11(7-19)8-21-15/h3-7,11H,8-9,19H2,1-2H3;2-6,11H,7-8,19H2,1H3/t2*11-/m00/s1. The smallest absolute Gasteiger partial charge is 0.170 e. The summed E-state index contributed by atoms with van der Waals surface area (Å²) < 4.78 is 80.0. The number of hydrogen-bond donors (Lipinski definition) is 2. The number of hydrogen-bond acceptors (Lipinski definition) is 9. The zero-order chi connectivity index (χ0) is 32.1. The van der Waals surface area contributed by atoms with Crippen molar-refractivity contribution in [2.45, 2.75) is 12.2 Å². The summed E-state index contributed by atoms with van der Waals surface area (Å²) in [5.74, 6) is 1.50. The van der Waals surface area contributed by atoms with Gasteiger partial charge in [0.25, 0.3) is 0 Å². The zero-order valence-electron chi connectivity index (χ0n) is 24.9. The first-order chi connectivity index (χ1) is 21.8. The van der Waals surface area contributed by atoms with Crippen molar-refractivity contribution in [2.24, 2.45) is 11.5 Å². The van der Waals surface area contributed by atoms with E-state index in [2.05, 4.69) is 0 Å². The van der Waals surface area contributed by atoms with Crippen molar-refractivity contribution < 1.29 is 46.3 Å². The number of halogens is 3. The summed E-state index contributed by atoms with van der Waals surface area (Å²) in [7, 11) is 4.51. The van der Waals surface area contributed by atoms with Crippen molar-refractivity contribution in [3.05, 3.63) is 78.1 Å². The molecule has 4 aromatic carbocycles. The van der Waals surface area contributed by atoms with E-state index in [9.17, 15) is 13.2 Å². The van der Waals surface area contributed by atoms with E-state index in [0.29, 0.717) is 63.3 Å². The van der Waals surface area contributed by atoms with E-state index in [1.54, 1.807) is 32.4 Å². The van der Waals surface area contributed by atoms with E-state index < -0.39 is 17.5 Å². The Hall–Kier alpha value is -4.81. The molecule has 45 heavy (non-hydrogen) atoms. The van der Waals surface area contributed by atoms with Crippen molar-refractivity contribution >= 4 is 0 Å². The molecule has 2 aliphatic rings. The minimum Gasteiger partial charge on any atom is -0.496 e. The van der Waals surface area contributed by atoms with Crippen LogP contribution in [0.15, 0.2) is 60.7 Å². The normalized spacial score (nSPS) is 16.3. The Kier molecular flexibility index (Phi) is 9.74. The highest BCUT2D eigenvalue weighted by molar-refractivity contribution is 5.83. The van der Waals surface area contributed by atoms with Gasteiger partial charge in [-0.05, 0) is 36.4 Å². The van der Waals surface area contributed by atoms with Gasteiger partial charge in [-0.25, -0.2) is 13.2 Å². The highest BCUT2D eigenvalue weighted by atomic mass is 19.1. The summed E-state index contributed by atoms with van der Waals surface area (Å²) in [5.41, 5.74) is 13.3. The molecule has 0 saturated carbocycles. The lowest BCUT2D eigenvalue weighted by molar-refractivity contribution is 0.0971. The molecule has 0 radical (unpaired) electrons. The highest BCUT2D eigenvalue weighted by Gasteiger charge is 2.28. The molecule has 9 nitrogen and oxygen atoms in total. The second kappa shape index (κ2) is 13.9. The van der Waals surface area contributed by atoms with Crippen LogP contribution in [0.1, 0.15) is 0 Å². The van der Waals surface area contributed by atoms with Crippen LogP contribution in [0.4, 0.5) is 13.2 Å². The molecule has 0 aromatic heterocycles. The lowest BCUT2D eigenvalue weighted by atomic mass is 10.0. The third-order valence-corrected chi connectivity index (χ3v) is 7.13. The number of ether oxygens (including phenoxy) is 7. The fourth-order valence-corrected chi connectivity index (χ4v) is 4.98. The molecule has 0 unspecified atom stereocenters. The Labute approximate surface area is 258 Å². The van der Waals surface area contributed by atoms with Crippen LogP contribution in [0.2, 0.25) is 0 Å². The molecule has 6 rings (SSSR count). The summed E-state index contributed by atoms with van der Waals surface area (Å²) in [5, 5.41) is 0. The summed E-state index contributed by atoms with van der Waals surface area (Å²) >= 11 is 0. The molecule has 0 bridgehead atoms. The maximum Gasteiger partial charge on any atom is 0.170 e. The van der Waals surface area contributed by atoms with Crippen LogP contribution in [-0.4, -0.2) is 59.8 Å². The minimum atomic E-state index is -0.477.